The number of halogens is 1. The molecular formula is C7H12FNO2. The van der Waals surface area contributed by atoms with Crippen LogP contribution in [0.5, 0.6) is 0 Å². The van der Waals surface area contributed by atoms with E-state index in [1.165, 1.54) is 0 Å². The van der Waals surface area contributed by atoms with Crippen molar-refractivity contribution < 1.29 is 13.9 Å². The molecule has 0 aliphatic carbocycles. The maximum Gasteiger partial charge on any atom is 0.226 e. The normalized spacial score (nSPS) is 23.0. The topological polar surface area (TPSA) is 52.3 Å². The Hall–Kier alpha value is -0.640. The highest BCUT2D eigenvalue weighted by Crippen LogP contribution is 2.30. The molecule has 0 saturated carbocycles. The quantitative estimate of drug-likeness (QED) is 0.630. The Morgan fingerprint density at radius 1 is 1.55 bits per heavy atom. The maximum atomic E-state index is 12.4. The van der Waals surface area contributed by atoms with Gasteiger partial charge in [0.25, 0.3) is 0 Å². The summed E-state index contributed by atoms with van der Waals surface area (Å²) in [5.74, 6) is -0.539. The van der Waals surface area contributed by atoms with E-state index in [0.29, 0.717) is 26.1 Å². The minimum atomic E-state index is -0.932. The molecule has 0 aromatic heterocycles. The molecule has 4 heteroatoms. The van der Waals surface area contributed by atoms with Gasteiger partial charge in [0.2, 0.25) is 5.91 Å². The number of amides is 1. The van der Waals surface area contributed by atoms with Gasteiger partial charge in [-0.2, -0.15) is 0 Å². The van der Waals surface area contributed by atoms with Crippen LogP contribution in [0.25, 0.3) is 0 Å². The summed E-state index contributed by atoms with van der Waals surface area (Å²) in [5.41, 5.74) is 4.15. The number of hydrogen-bond acceptors (Lipinski definition) is 2. The summed E-state index contributed by atoms with van der Waals surface area (Å²) in [7, 11) is 0. The molecule has 0 radical (unpaired) electrons. The molecule has 3 nitrogen and oxygen atoms in total. The van der Waals surface area contributed by atoms with Gasteiger partial charge >= 0.3 is 0 Å². The lowest BCUT2D eigenvalue weighted by Gasteiger charge is -2.31. The van der Waals surface area contributed by atoms with Crippen molar-refractivity contribution in [1.82, 2.24) is 0 Å². The van der Waals surface area contributed by atoms with Crippen molar-refractivity contribution in [2.45, 2.75) is 12.8 Å². The van der Waals surface area contributed by atoms with Crippen LogP contribution in [0.3, 0.4) is 0 Å². The molecule has 1 aliphatic heterocycles. The number of nitrogens with two attached hydrogens (primary N) is 1. The van der Waals surface area contributed by atoms with Crippen LogP contribution in [0, 0.1) is 5.41 Å². The smallest absolute Gasteiger partial charge is 0.226 e. The molecule has 1 amide bonds. The van der Waals surface area contributed by atoms with Crippen molar-refractivity contribution in [3.05, 3.63) is 0 Å². The first kappa shape index (κ1) is 8.46. The zero-order valence-corrected chi connectivity index (χ0v) is 6.31. The summed E-state index contributed by atoms with van der Waals surface area (Å²) in [6.07, 6.45) is 0.831. The van der Waals surface area contributed by atoms with Gasteiger partial charge in [-0.05, 0) is 12.8 Å². The average molecular weight is 161 g/mol. The Labute approximate surface area is 64.7 Å². The molecule has 2 N–H and O–H groups in total. The third kappa shape index (κ3) is 1.50. The van der Waals surface area contributed by atoms with Crippen LogP contribution in [0.2, 0.25) is 0 Å². The van der Waals surface area contributed by atoms with Crippen LogP contribution in [0.1, 0.15) is 12.8 Å². The van der Waals surface area contributed by atoms with Crippen LogP contribution in [0.15, 0.2) is 0 Å². The van der Waals surface area contributed by atoms with Gasteiger partial charge in [-0.15, -0.1) is 0 Å². The van der Waals surface area contributed by atoms with Crippen LogP contribution < -0.4 is 5.73 Å². The molecule has 1 fully saturated rings. The van der Waals surface area contributed by atoms with Gasteiger partial charge < -0.3 is 10.5 Å². The summed E-state index contributed by atoms with van der Waals surface area (Å²) >= 11 is 0. The maximum absolute atomic E-state index is 12.4. The average Bonchev–Trinajstić information content (AvgIpc) is 2.05. The summed E-state index contributed by atoms with van der Waals surface area (Å²) < 4.78 is 17.4. The van der Waals surface area contributed by atoms with E-state index in [2.05, 4.69) is 0 Å². The Morgan fingerprint density at radius 3 is 2.36 bits per heavy atom. The third-order valence-electron chi connectivity index (χ3n) is 2.23. The highest BCUT2D eigenvalue weighted by molar-refractivity contribution is 5.81. The molecule has 11 heavy (non-hydrogen) atoms. The number of rotatable bonds is 2. The Bertz CT molecular complexity index is 155. The molecule has 0 unspecified atom stereocenters. The molecule has 0 bridgehead atoms. The fraction of sp³-hybridized carbons (Fsp3) is 0.857. The fourth-order valence-electron chi connectivity index (χ4n) is 1.21. The van der Waals surface area contributed by atoms with E-state index in [-0.39, 0.29) is 0 Å². The molecule has 0 aromatic carbocycles. The van der Waals surface area contributed by atoms with E-state index in [9.17, 15) is 9.18 Å². The SMILES string of the molecule is NC(=O)C1(CF)CCOCC1. The summed E-state index contributed by atoms with van der Waals surface area (Å²) in [6, 6.07) is 0. The number of primary amides is 1. The van der Waals surface area contributed by atoms with Gasteiger partial charge in [-0.3, -0.25) is 4.79 Å². The molecule has 1 heterocycles. The van der Waals surface area contributed by atoms with Gasteiger partial charge in [-0.25, -0.2) is 4.39 Å². The predicted molar refractivity (Wildman–Crippen MR) is 37.7 cm³/mol. The second kappa shape index (κ2) is 3.17. The van der Waals surface area contributed by atoms with Gasteiger partial charge in [0.05, 0.1) is 5.41 Å². The first-order valence-corrected chi connectivity index (χ1v) is 3.65. The van der Waals surface area contributed by atoms with Crippen LogP contribution in [-0.4, -0.2) is 25.8 Å². The Kier molecular flexibility index (Phi) is 2.44. The van der Waals surface area contributed by atoms with Gasteiger partial charge in [0.15, 0.2) is 0 Å². The molecular weight excluding hydrogens is 149 g/mol. The van der Waals surface area contributed by atoms with Gasteiger partial charge in [0, 0.05) is 13.2 Å². The molecule has 64 valence electrons. The number of alkyl halides is 1. The lowest BCUT2D eigenvalue weighted by Crippen LogP contribution is -2.43. The second-order valence-electron chi connectivity index (χ2n) is 2.89. The number of carbonyl (C=O) groups is 1. The van der Waals surface area contributed by atoms with Crippen LogP contribution >= 0.6 is 0 Å². The fourth-order valence-corrected chi connectivity index (χ4v) is 1.21. The first-order chi connectivity index (χ1) is 5.21. The van der Waals surface area contributed by atoms with E-state index in [0.717, 1.165) is 0 Å². The highest BCUT2D eigenvalue weighted by Gasteiger charge is 2.38. The summed E-state index contributed by atoms with van der Waals surface area (Å²) in [5, 5.41) is 0. The lowest BCUT2D eigenvalue weighted by molar-refractivity contribution is -0.134. The van der Waals surface area contributed by atoms with Gasteiger partial charge in [-0.1, -0.05) is 0 Å². The van der Waals surface area contributed by atoms with E-state index in [1.54, 1.807) is 0 Å². The van der Waals surface area contributed by atoms with Crippen molar-refractivity contribution in [3.63, 3.8) is 0 Å². The Balaban J connectivity index is 2.64. The molecule has 0 atom stereocenters. The highest BCUT2D eigenvalue weighted by atomic mass is 19.1. The summed E-state index contributed by atoms with van der Waals surface area (Å²) in [4.78, 5) is 10.8. The first-order valence-electron chi connectivity index (χ1n) is 3.65. The van der Waals surface area contributed by atoms with Gasteiger partial charge in [0.1, 0.15) is 6.67 Å². The molecule has 1 aliphatic rings. The molecule has 1 rings (SSSR count). The van der Waals surface area contributed by atoms with Crippen molar-refractivity contribution in [2.24, 2.45) is 11.1 Å². The Morgan fingerprint density at radius 2 is 2.09 bits per heavy atom. The predicted octanol–water partition coefficient (Wildman–Crippen LogP) is 0.238. The largest absolute Gasteiger partial charge is 0.381 e. The molecule has 1 saturated heterocycles. The van der Waals surface area contributed by atoms with Crippen molar-refractivity contribution >= 4 is 5.91 Å². The minimum Gasteiger partial charge on any atom is -0.381 e. The van der Waals surface area contributed by atoms with Crippen molar-refractivity contribution in [3.8, 4) is 0 Å². The number of carbonyl (C=O) groups excluding carboxylic acids is 1. The lowest BCUT2D eigenvalue weighted by atomic mass is 9.81. The van der Waals surface area contributed by atoms with E-state index < -0.39 is 18.0 Å². The third-order valence-corrected chi connectivity index (χ3v) is 2.23. The second-order valence-corrected chi connectivity index (χ2v) is 2.89. The molecule has 0 aromatic rings. The van der Waals surface area contributed by atoms with E-state index in [4.69, 9.17) is 10.5 Å². The molecule has 0 spiro atoms. The van der Waals surface area contributed by atoms with E-state index >= 15 is 0 Å². The van der Waals surface area contributed by atoms with Crippen molar-refractivity contribution in [1.29, 1.82) is 0 Å². The van der Waals surface area contributed by atoms with Crippen LogP contribution in [0.4, 0.5) is 4.39 Å². The number of ether oxygens (including phenoxy) is 1. The summed E-state index contributed by atoms with van der Waals surface area (Å²) in [6.45, 7) is 0.214. The zero-order valence-electron chi connectivity index (χ0n) is 6.31. The monoisotopic (exact) mass is 161 g/mol. The van der Waals surface area contributed by atoms with Crippen molar-refractivity contribution in [2.75, 3.05) is 19.9 Å². The minimum absolute atomic E-state index is 0.416. The van der Waals surface area contributed by atoms with Crippen LogP contribution in [-0.2, 0) is 9.53 Å². The van der Waals surface area contributed by atoms with E-state index in [1.807, 2.05) is 0 Å². The number of hydrogen-bond donors (Lipinski definition) is 1. The zero-order chi connectivity index (χ0) is 8.32. The standard InChI is InChI=1S/C7H12FNO2/c8-5-7(6(9)10)1-3-11-4-2-7/h1-5H2,(H2,9,10).